The lowest BCUT2D eigenvalue weighted by atomic mass is 9.83. The van der Waals surface area contributed by atoms with Crippen molar-refractivity contribution in [2.24, 2.45) is 11.8 Å². The highest BCUT2D eigenvalue weighted by Gasteiger charge is 2.27. The fourth-order valence-corrected chi connectivity index (χ4v) is 3.70. The topological polar surface area (TPSA) is 61.8 Å². The molecule has 0 unspecified atom stereocenters. The number of methoxy groups -OCH3 is 1. The van der Waals surface area contributed by atoms with Gasteiger partial charge in [0, 0.05) is 11.8 Å². The predicted octanol–water partition coefficient (Wildman–Crippen LogP) is 3.73. The third kappa shape index (κ3) is 5.19. The Hall–Kier alpha value is -2.15. The van der Waals surface area contributed by atoms with E-state index in [1.165, 1.54) is 0 Å². The van der Waals surface area contributed by atoms with E-state index in [1.807, 2.05) is 43.3 Å². The first kappa shape index (κ1) is 19.6. The zero-order valence-corrected chi connectivity index (χ0v) is 16.3. The Morgan fingerprint density at radius 3 is 2.11 bits per heavy atom. The van der Waals surface area contributed by atoms with Crippen LogP contribution in [0.15, 0.2) is 65.6 Å². The maximum absolute atomic E-state index is 12.3. The number of rotatable bonds is 9. The largest absolute Gasteiger partial charge is 0.497 e. The summed E-state index contributed by atoms with van der Waals surface area (Å²) in [7, 11) is -2.09. The molecule has 2 atom stereocenters. The van der Waals surface area contributed by atoms with Gasteiger partial charge in [-0.3, -0.25) is 4.18 Å². The molecular weight excluding hydrogens is 364 g/mol. The molecule has 0 saturated heterocycles. The molecule has 0 aliphatic heterocycles. The van der Waals surface area contributed by atoms with E-state index in [1.54, 1.807) is 31.4 Å². The van der Waals surface area contributed by atoms with Gasteiger partial charge in [0.25, 0.3) is 10.1 Å². The second kappa shape index (κ2) is 8.69. The van der Waals surface area contributed by atoms with Crippen LogP contribution >= 0.6 is 0 Å². The molecule has 0 aromatic heterocycles. The average molecular weight is 388 g/mol. The third-order valence-corrected chi connectivity index (χ3v) is 5.91. The highest BCUT2D eigenvalue weighted by Crippen LogP contribution is 2.28. The summed E-state index contributed by atoms with van der Waals surface area (Å²) in [5.74, 6) is 1.02. The Labute approximate surface area is 160 Å². The molecule has 0 heterocycles. The number of benzene rings is 2. The highest BCUT2D eigenvalue weighted by molar-refractivity contribution is 7.86. The molecule has 0 amide bonds. The summed E-state index contributed by atoms with van der Waals surface area (Å²) in [6, 6.07) is 14.4. The summed E-state index contributed by atoms with van der Waals surface area (Å²) in [6.07, 6.45) is 3.99. The van der Waals surface area contributed by atoms with Gasteiger partial charge in [0.1, 0.15) is 5.75 Å². The lowest BCUT2D eigenvalue weighted by Crippen LogP contribution is -2.28. The van der Waals surface area contributed by atoms with Crippen molar-refractivity contribution in [3.8, 4) is 5.75 Å². The SMILES string of the molecule is COc1ccc(COC[C@H]2C=C[C@H]2COS(=O)(=O)c2ccc(C)cc2)cc1. The van der Waals surface area contributed by atoms with E-state index in [0.29, 0.717) is 13.2 Å². The molecule has 2 aromatic carbocycles. The molecule has 0 radical (unpaired) electrons. The monoisotopic (exact) mass is 388 g/mol. The molecule has 2 aromatic rings. The average Bonchev–Trinajstić information content (AvgIpc) is 2.65. The van der Waals surface area contributed by atoms with Gasteiger partial charge in [0.2, 0.25) is 0 Å². The van der Waals surface area contributed by atoms with Crippen molar-refractivity contribution >= 4 is 10.1 Å². The van der Waals surface area contributed by atoms with Gasteiger partial charge in [0.15, 0.2) is 0 Å². The van der Waals surface area contributed by atoms with Crippen LogP contribution in [-0.2, 0) is 25.6 Å². The molecule has 1 aliphatic rings. The van der Waals surface area contributed by atoms with Gasteiger partial charge >= 0.3 is 0 Å². The number of aryl methyl sites for hydroxylation is 1. The van der Waals surface area contributed by atoms with Crippen molar-refractivity contribution in [1.82, 2.24) is 0 Å². The van der Waals surface area contributed by atoms with Gasteiger partial charge in [-0.2, -0.15) is 8.42 Å². The van der Waals surface area contributed by atoms with Crippen LogP contribution in [0.1, 0.15) is 11.1 Å². The maximum atomic E-state index is 12.3. The van der Waals surface area contributed by atoms with Crippen LogP contribution in [0.5, 0.6) is 5.75 Å². The van der Waals surface area contributed by atoms with Gasteiger partial charge in [-0.15, -0.1) is 0 Å². The molecule has 144 valence electrons. The van der Waals surface area contributed by atoms with Gasteiger partial charge in [-0.05, 0) is 36.8 Å². The summed E-state index contributed by atoms with van der Waals surface area (Å²) >= 11 is 0. The van der Waals surface area contributed by atoms with Crippen LogP contribution in [-0.4, -0.2) is 28.7 Å². The molecule has 27 heavy (non-hydrogen) atoms. The second-order valence-electron chi connectivity index (χ2n) is 6.63. The highest BCUT2D eigenvalue weighted by atomic mass is 32.2. The summed E-state index contributed by atoms with van der Waals surface area (Å²) in [5, 5.41) is 0. The molecule has 0 N–H and O–H groups in total. The Morgan fingerprint density at radius 2 is 1.52 bits per heavy atom. The summed E-state index contributed by atoms with van der Waals surface area (Å²) in [6.45, 7) is 3.07. The van der Waals surface area contributed by atoms with Crippen LogP contribution in [0.4, 0.5) is 0 Å². The first-order chi connectivity index (χ1) is 13.0. The van der Waals surface area contributed by atoms with Crippen LogP contribution in [0, 0.1) is 18.8 Å². The lowest BCUT2D eigenvalue weighted by Gasteiger charge is -2.28. The van der Waals surface area contributed by atoms with E-state index in [4.69, 9.17) is 13.7 Å². The minimum atomic E-state index is -3.73. The standard InChI is InChI=1S/C21H24O5S/c1-16-3-11-21(12-4-16)27(22,23)26-15-19-8-7-18(19)14-25-13-17-5-9-20(24-2)10-6-17/h3-12,18-19H,13-15H2,1-2H3/t18-,19+/m1/s1. The molecule has 0 fully saturated rings. The molecule has 3 rings (SSSR count). The third-order valence-electron chi connectivity index (χ3n) is 4.62. The summed E-state index contributed by atoms with van der Waals surface area (Å²) in [5.41, 5.74) is 2.07. The normalized spacial score (nSPS) is 18.9. The molecule has 0 saturated carbocycles. The zero-order chi connectivity index (χ0) is 19.3. The van der Waals surface area contributed by atoms with Crippen LogP contribution in [0.2, 0.25) is 0 Å². The first-order valence-corrected chi connectivity index (χ1v) is 10.2. The van der Waals surface area contributed by atoms with E-state index < -0.39 is 10.1 Å². The van der Waals surface area contributed by atoms with Crippen molar-refractivity contribution in [1.29, 1.82) is 0 Å². The van der Waals surface area contributed by atoms with Gasteiger partial charge in [-0.1, -0.05) is 42.0 Å². The molecule has 0 spiro atoms. The molecule has 6 heteroatoms. The maximum Gasteiger partial charge on any atom is 0.296 e. The van der Waals surface area contributed by atoms with Gasteiger partial charge < -0.3 is 9.47 Å². The van der Waals surface area contributed by atoms with E-state index in [0.717, 1.165) is 16.9 Å². The Bertz CT molecular complexity index is 870. The minimum absolute atomic E-state index is 0.0427. The fourth-order valence-electron chi connectivity index (χ4n) is 2.76. The number of hydrogen-bond donors (Lipinski definition) is 0. The Kier molecular flexibility index (Phi) is 6.31. The number of hydrogen-bond acceptors (Lipinski definition) is 5. The van der Waals surface area contributed by atoms with E-state index in [2.05, 4.69) is 0 Å². The first-order valence-electron chi connectivity index (χ1n) is 8.83. The molecular formula is C21H24O5S. The number of ether oxygens (including phenoxy) is 2. The van der Waals surface area contributed by atoms with Crippen molar-refractivity contribution in [2.45, 2.75) is 18.4 Å². The second-order valence-corrected chi connectivity index (χ2v) is 8.24. The van der Waals surface area contributed by atoms with Crippen LogP contribution in [0.25, 0.3) is 0 Å². The smallest absolute Gasteiger partial charge is 0.296 e. The zero-order valence-electron chi connectivity index (χ0n) is 15.5. The van der Waals surface area contributed by atoms with Crippen molar-refractivity contribution in [3.63, 3.8) is 0 Å². The molecule has 0 bridgehead atoms. The Morgan fingerprint density at radius 1 is 0.889 bits per heavy atom. The Balaban J connectivity index is 1.44. The fraction of sp³-hybridized carbons (Fsp3) is 0.333. The van der Waals surface area contributed by atoms with Crippen molar-refractivity contribution in [3.05, 3.63) is 71.8 Å². The van der Waals surface area contributed by atoms with E-state index >= 15 is 0 Å². The quantitative estimate of drug-likeness (QED) is 0.484. The van der Waals surface area contributed by atoms with E-state index in [-0.39, 0.29) is 23.3 Å². The van der Waals surface area contributed by atoms with Crippen LogP contribution < -0.4 is 4.74 Å². The molecule has 5 nitrogen and oxygen atoms in total. The predicted molar refractivity (Wildman–Crippen MR) is 103 cm³/mol. The van der Waals surface area contributed by atoms with Crippen LogP contribution in [0.3, 0.4) is 0 Å². The van der Waals surface area contributed by atoms with Crippen molar-refractivity contribution < 1.29 is 22.1 Å². The summed E-state index contributed by atoms with van der Waals surface area (Å²) < 4.78 is 40.6. The van der Waals surface area contributed by atoms with Gasteiger partial charge in [0.05, 0.1) is 31.8 Å². The molecule has 1 aliphatic carbocycles. The van der Waals surface area contributed by atoms with E-state index in [9.17, 15) is 8.42 Å². The minimum Gasteiger partial charge on any atom is -0.497 e. The van der Waals surface area contributed by atoms with Crippen molar-refractivity contribution in [2.75, 3.05) is 20.3 Å². The lowest BCUT2D eigenvalue weighted by molar-refractivity contribution is 0.0723. The van der Waals surface area contributed by atoms with Gasteiger partial charge in [-0.25, -0.2) is 0 Å². The summed E-state index contributed by atoms with van der Waals surface area (Å²) in [4.78, 5) is 0.184.